The molecule has 0 radical (unpaired) electrons. The van der Waals surface area contributed by atoms with Crippen LogP contribution in [0.1, 0.15) is 51.2 Å². The first-order chi connectivity index (χ1) is 19.5. The molecule has 5 rings (SSSR count). The van der Waals surface area contributed by atoms with Crippen LogP contribution < -0.4 is 9.80 Å². The van der Waals surface area contributed by atoms with Crippen LogP contribution in [0.5, 0.6) is 0 Å². The van der Waals surface area contributed by atoms with Crippen LogP contribution in [-0.2, 0) is 5.41 Å². The number of aryl methyl sites for hydroxylation is 1. The third-order valence-corrected chi connectivity index (χ3v) is 7.75. The summed E-state index contributed by atoms with van der Waals surface area (Å²) in [6, 6.07) is 48.0. The molecule has 202 valence electrons. The van der Waals surface area contributed by atoms with Gasteiger partial charge in [-0.15, -0.1) is 0 Å². The molecule has 0 saturated carbocycles. The van der Waals surface area contributed by atoms with Crippen molar-refractivity contribution in [1.82, 2.24) is 0 Å². The number of hydrogen-bond donors (Lipinski definition) is 0. The lowest BCUT2D eigenvalue weighted by molar-refractivity contribution is 0.458. The van der Waals surface area contributed by atoms with Gasteiger partial charge >= 0.3 is 0 Å². The second-order valence-electron chi connectivity index (χ2n) is 11.2. The molecule has 0 bridgehead atoms. The second kappa shape index (κ2) is 12.3. The number of hydrogen-bond acceptors (Lipinski definition) is 2. The van der Waals surface area contributed by atoms with E-state index in [-0.39, 0.29) is 5.41 Å². The van der Waals surface area contributed by atoms with E-state index in [0.717, 1.165) is 34.1 Å². The van der Waals surface area contributed by atoms with Gasteiger partial charge in [-0.2, -0.15) is 0 Å². The van der Waals surface area contributed by atoms with Gasteiger partial charge in [-0.05, 0) is 97.1 Å². The van der Waals surface area contributed by atoms with Crippen LogP contribution in [0, 0.1) is 6.92 Å². The summed E-state index contributed by atoms with van der Waals surface area (Å²) >= 11 is 0. The lowest BCUT2D eigenvalue weighted by atomic mass is 9.80. The lowest BCUT2D eigenvalue weighted by Crippen LogP contribution is -2.17. The van der Waals surface area contributed by atoms with E-state index in [0.29, 0.717) is 0 Å². The lowest BCUT2D eigenvalue weighted by Gasteiger charge is -2.29. The molecule has 5 aromatic rings. The van der Waals surface area contributed by atoms with Gasteiger partial charge < -0.3 is 9.80 Å². The fourth-order valence-corrected chi connectivity index (χ4v) is 5.32. The quantitative estimate of drug-likeness (QED) is 0.179. The van der Waals surface area contributed by atoms with Gasteiger partial charge in [0.2, 0.25) is 0 Å². The summed E-state index contributed by atoms with van der Waals surface area (Å²) in [7, 11) is 0. The summed E-state index contributed by atoms with van der Waals surface area (Å²) in [6.45, 7) is 9.11. The minimum absolute atomic E-state index is 0.171. The molecule has 0 amide bonds. The van der Waals surface area contributed by atoms with Gasteiger partial charge in [0.05, 0.1) is 0 Å². The van der Waals surface area contributed by atoms with E-state index in [9.17, 15) is 0 Å². The molecule has 0 aromatic heterocycles. The van der Waals surface area contributed by atoms with Crippen LogP contribution >= 0.6 is 0 Å². The topological polar surface area (TPSA) is 6.48 Å². The van der Waals surface area contributed by atoms with Crippen LogP contribution in [0.4, 0.5) is 34.1 Å². The van der Waals surface area contributed by atoms with E-state index in [1.807, 2.05) is 0 Å². The molecule has 0 aliphatic rings. The standard InChI is InChI=1S/C38H40N2/c1-5-6-29-38(3,4)31-19-23-35(24-20-31)40(33-15-11-8-12-16-33)37-27-25-36(26-28-37)39(32-13-9-7-10-14-32)34-21-17-30(2)18-22-34/h7-28H,5-6,29H2,1-4H3. The monoisotopic (exact) mass is 524 g/mol. The van der Waals surface area contributed by atoms with Crippen molar-refractivity contribution in [3.8, 4) is 0 Å². The van der Waals surface area contributed by atoms with Crippen LogP contribution in [0.15, 0.2) is 133 Å². The summed E-state index contributed by atoms with van der Waals surface area (Å²) in [5.74, 6) is 0. The number of unbranched alkanes of at least 4 members (excludes halogenated alkanes) is 1. The van der Waals surface area contributed by atoms with Crippen LogP contribution in [-0.4, -0.2) is 0 Å². The number of rotatable bonds is 10. The second-order valence-corrected chi connectivity index (χ2v) is 11.2. The number of nitrogens with zero attached hydrogens (tertiary/aromatic N) is 2. The Labute approximate surface area is 240 Å². The predicted molar refractivity (Wildman–Crippen MR) is 173 cm³/mol. The van der Waals surface area contributed by atoms with Crippen LogP contribution in [0.2, 0.25) is 0 Å². The Kier molecular flexibility index (Phi) is 8.36. The molecule has 0 atom stereocenters. The zero-order chi connectivity index (χ0) is 28.0. The highest BCUT2D eigenvalue weighted by Gasteiger charge is 2.21. The zero-order valence-electron chi connectivity index (χ0n) is 24.2. The molecule has 0 spiro atoms. The maximum atomic E-state index is 2.36. The highest BCUT2D eigenvalue weighted by Crippen LogP contribution is 2.39. The molecule has 2 nitrogen and oxygen atoms in total. The van der Waals surface area contributed by atoms with Crippen molar-refractivity contribution < 1.29 is 0 Å². The molecule has 0 heterocycles. The highest BCUT2D eigenvalue weighted by atomic mass is 15.2. The van der Waals surface area contributed by atoms with E-state index in [2.05, 4.69) is 171 Å². The van der Waals surface area contributed by atoms with Crippen LogP contribution in [0.3, 0.4) is 0 Å². The predicted octanol–water partition coefficient (Wildman–Crippen LogP) is 11.4. The molecular formula is C38H40N2. The van der Waals surface area contributed by atoms with Gasteiger partial charge in [-0.3, -0.25) is 0 Å². The van der Waals surface area contributed by atoms with Gasteiger partial charge in [0.15, 0.2) is 0 Å². The maximum Gasteiger partial charge on any atom is 0.0463 e. The van der Waals surface area contributed by atoms with E-state index in [1.165, 1.54) is 30.4 Å². The fraction of sp³-hybridized carbons (Fsp3) is 0.211. The molecule has 40 heavy (non-hydrogen) atoms. The molecule has 0 unspecified atom stereocenters. The molecule has 5 aromatic carbocycles. The number of benzene rings is 5. The SMILES string of the molecule is CCCCC(C)(C)c1ccc(N(c2ccccc2)c2ccc(N(c3ccccc3)c3ccc(C)cc3)cc2)cc1. The summed E-state index contributed by atoms with van der Waals surface area (Å²) in [5.41, 5.74) is 9.66. The van der Waals surface area contributed by atoms with Gasteiger partial charge in [0, 0.05) is 34.1 Å². The molecule has 0 aliphatic heterocycles. The minimum Gasteiger partial charge on any atom is -0.311 e. The van der Waals surface area contributed by atoms with Crippen molar-refractivity contribution >= 4 is 34.1 Å². The van der Waals surface area contributed by atoms with Gasteiger partial charge in [-0.1, -0.05) is 99.8 Å². The van der Waals surface area contributed by atoms with Gasteiger partial charge in [0.25, 0.3) is 0 Å². The van der Waals surface area contributed by atoms with Crippen molar-refractivity contribution in [1.29, 1.82) is 0 Å². The summed E-state index contributed by atoms with van der Waals surface area (Å²) in [5, 5.41) is 0. The van der Waals surface area contributed by atoms with Gasteiger partial charge in [-0.25, -0.2) is 0 Å². The van der Waals surface area contributed by atoms with E-state index in [4.69, 9.17) is 0 Å². The van der Waals surface area contributed by atoms with E-state index >= 15 is 0 Å². The first kappa shape index (κ1) is 27.3. The fourth-order valence-electron chi connectivity index (χ4n) is 5.32. The summed E-state index contributed by atoms with van der Waals surface area (Å²) < 4.78 is 0. The van der Waals surface area contributed by atoms with E-state index < -0.39 is 0 Å². The minimum atomic E-state index is 0.171. The summed E-state index contributed by atoms with van der Waals surface area (Å²) in [6.07, 6.45) is 3.68. The van der Waals surface area contributed by atoms with Crippen molar-refractivity contribution in [2.75, 3.05) is 9.80 Å². The van der Waals surface area contributed by atoms with Crippen molar-refractivity contribution in [3.05, 3.63) is 145 Å². The normalized spacial score (nSPS) is 11.3. The third kappa shape index (κ3) is 6.13. The van der Waals surface area contributed by atoms with Crippen molar-refractivity contribution in [2.45, 2.75) is 52.4 Å². The molecule has 0 fully saturated rings. The Bertz CT molecular complexity index is 1470. The molecule has 0 aliphatic carbocycles. The first-order valence-corrected chi connectivity index (χ1v) is 14.4. The Balaban J connectivity index is 1.51. The molecule has 0 N–H and O–H groups in total. The zero-order valence-corrected chi connectivity index (χ0v) is 24.2. The number of anilines is 6. The average molecular weight is 525 g/mol. The third-order valence-electron chi connectivity index (χ3n) is 7.75. The maximum absolute atomic E-state index is 2.36. The Morgan fingerprint density at radius 2 is 0.825 bits per heavy atom. The van der Waals surface area contributed by atoms with Crippen molar-refractivity contribution in [2.24, 2.45) is 0 Å². The Morgan fingerprint density at radius 1 is 0.475 bits per heavy atom. The largest absolute Gasteiger partial charge is 0.311 e. The van der Waals surface area contributed by atoms with Crippen molar-refractivity contribution in [3.63, 3.8) is 0 Å². The first-order valence-electron chi connectivity index (χ1n) is 14.4. The summed E-state index contributed by atoms with van der Waals surface area (Å²) in [4.78, 5) is 4.65. The number of para-hydroxylation sites is 2. The molecule has 2 heteroatoms. The van der Waals surface area contributed by atoms with E-state index in [1.54, 1.807) is 0 Å². The highest BCUT2D eigenvalue weighted by molar-refractivity contribution is 5.81. The molecular weight excluding hydrogens is 484 g/mol. The molecule has 0 saturated heterocycles. The smallest absolute Gasteiger partial charge is 0.0463 e. The van der Waals surface area contributed by atoms with Crippen LogP contribution in [0.25, 0.3) is 0 Å². The average Bonchev–Trinajstić information content (AvgIpc) is 3.00. The Morgan fingerprint density at radius 3 is 1.23 bits per heavy atom. The Hall–Kier alpha value is -4.30. The van der Waals surface area contributed by atoms with Gasteiger partial charge in [0.1, 0.15) is 0 Å².